The van der Waals surface area contributed by atoms with Gasteiger partial charge in [0.05, 0.1) is 0 Å². The highest BCUT2D eigenvalue weighted by Gasteiger charge is 2.17. The van der Waals surface area contributed by atoms with E-state index in [-0.39, 0.29) is 0 Å². The summed E-state index contributed by atoms with van der Waals surface area (Å²) in [5, 5.41) is 3.62. The third-order valence-corrected chi connectivity index (χ3v) is 4.00. The van der Waals surface area contributed by atoms with Gasteiger partial charge in [0.25, 0.3) is 0 Å². The van der Waals surface area contributed by atoms with Crippen LogP contribution in [0.25, 0.3) is 0 Å². The van der Waals surface area contributed by atoms with Gasteiger partial charge >= 0.3 is 0 Å². The Bertz CT molecular complexity index is 177. The molecule has 94 valence electrons. The molecule has 1 fully saturated rings. The van der Waals surface area contributed by atoms with E-state index in [9.17, 15) is 0 Å². The topological polar surface area (TPSA) is 15.3 Å². The summed E-state index contributed by atoms with van der Waals surface area (Å²) in [6, 6.07) is 0.775. The lowest BCUT2D eigenvalue weighted by molar-refractivity contribution is 0.208. The first kappa shape index (κ1) is 14.1. The van der Waals surface area contributed by atoms with Crippen LogP contribution in [0.2, 0.25) is 0 Å². The summed E-state index contributed by atoms with van der Waals surface area (Å²) in [6.45, 7) is 11.0. The Hall–Kier alpha value is 0.01000. The van der Waals surface area contributed by atoms with Crippen molar-refractivity contribution in [1.29, 1.82) is 0 Å². The normalized spacial score (nSPS) is 18.8. The maximum absolute atomic E-state index is 3.74. The van der Waals surface area contributed by atoms with Crippen molar-refractivity contribution < 1.29 is 0 Å². The molecule has 0 saturated carbocycles. The lowest BCUT2D eigenvalue weighted by Gasteiger charge is -2.32. The van der Waals surface area contributed by atoms with E-state index >= 15 is 0 Å². The van der Waals surface area contributed by atoms with Crippen LogP contribution in [-0.4, -0.2) is 48.6 Å². The van der Waals surface area contributed by atoms with Gasteiger partial charge in [0, 0.05) is 24.1 Å². The van der Waals surface area contributed by atoms with E-state index in [1.54, 1.807) is 0 Å². The largest absolute Gasteiger partial charge is 0.314 e. The van der Waals surface area contributed by atoms with Crippen LogP contribution in [0.1, 0.15) is 26.2 Å². The molecule has 2 nitrogen and oxygen atoms in total. The third-order valence-electron chi connectivity index (χ3n) is 3.06. The first-order valence-electron chi connectivity index (χ1n) is 6.51. The third kappa shape index (κ3) is 5.92. The molecule has 0 aromatic heterocycles. The highest BCUT2D eigenvalue weighted by Crippen LogP contribution is 2.11. The summed E-state index contributed by atoms with van der Waals surface area (Å²) < 4.78 is 0. The smallest absolute Gasteiger partial charge is 0.0111 e. The Morgan fingerprint density at radius 3 is 2.81 bits per heavy atom. The molecule has 0 spiro atoms. The molecule has 0 atom stereocenters. The van der Waals surface area contributed by atoms with E-state index in [4.69, 9.17) is 0 Å². The highest BCUT2D eigenvalue weighted by atomic mass is 32.2. The summed E-state index contributed by atoms with van der Waals surface area (Å²) in [5.74, 6) is 2.34. The van der Waals surface area contributed by atoms with Crippen molar-refractivity contribution in [2.45, 2.75) is 32.2 Å². The number of nitrogens with zero attached hydrogens (tertiary/aromatic N) is 1. The molecule has 0 aromatic rings. The van der Waals surface area contributed by atoms with Crippen molar-refractivity contribution in [2.24, 2.45) is 0 Å². The van der Waals surface area contributed by atoms with Crippen molar-refractivity contribution >= 4 is 11.8 Å². The summed E-state index contributed by atoms with van der Waals surface area (Å²) in [6.07, 6.45) is 5.89. The van der Waals surface area contributed by atoms with Gasteiger partial charge in [-0.1, -0.05) is 13.0 Å². The number of hydrogen-bond donors (Lipinski definition) is 1. The Labute approximate surface area is 105 Å². The van der Waals surface area contributed by atoms with Gasteiger partial charge in [0.1, 0.15) is 0 Å². The second kappa shape index (κ2) is 9.08. The first-order chi connectivity index (χ1) is 7.86. The van der Waals surface area contributed by atoms with Crippen molar-refractivity contribution in [1.82, 2.24) is 10.2 Å². The molecule has 0 unspecified atom stereocenters. The van der Waals surface area contributed by atoms with Crippen LogP contribution in [-0.2, 0) is 0 Å². The summed E-state index contributed by atoms with van der Waals surface area (Å²) in [5.41, 5.74) is 0. The van der Waals surface area contributed by atoms with Gasteiger partial charge in [-0.25, -0.2) is 0 Å². The summed E-state index contributed by atoms with van der Waals surface area (Å²) >= 11 is 1.99. The van der Waals surface area contributed by atoms with Crippen LogP contribution >= 0.6 is 11.8 Å². The minimum absolute atomic E-state index is 0.775. The molecule has 0 aromatic carbocycles. The zero-order valence-corrected chi connectivity index (χ0v) is 11.4. The van der Waals surface area contributed by atoms with E-state index in [1.807, 2.05) is 17.8 Å². The summed E-state index contributed by atoms with van der Waals surface area (Å²) in [7, 11) is 0. The van der Waals surface area contributed by atoms with Crippen LogP contribution < -0.4 is 5.32 Å². The van der Waals surface area contributed by atoms with Gasteiger partial charge in [-0.05, 0) is 38.9 Å². The van der Waals surface area contributed by atoms with E-state index in [0.717, 1.165) is 11.8 Å². The zero-order chi connectivity index (χ0) is 11.6. The quantitative estimate of drug-likeness (QED) is 0.520. The highest BCUT2D eigenvalue weighted by molar-refractivity contribution is 7.99. The number of hydrogen-bond acceptors (Lipinski definition) is 3. The van der Waals surface area contributed by atoms with E-state index in [1.165, 1.54) is 51.2 Å². The van der Waals surface area contributed by atoms with Gasteiger partial charge in [0.15, 0.2) is 0 Å². The Kier molecular flexibility index (Phi) is 7.99. The van der Waals surface area contributed by atoms with Crippen LogP contribution in [0.5, 0.6) is 0 Å². The van der Waals surface area contributed by atoms with E-state index in [0.29, 0.717) is 0 Å². The van der Waals surface area contributed by atoms with Crippen LogP contribution in [0.15, 0.2) is 12.7 Å². The number of nitrogens with one attached hydrogen (secondary N) is 1. The van der Waals surface area contributed by atoms with Gasteiger partial charge < -0.3 is 10.2 Å². The molecule has 0 radical (unpaired) electrons. The monoisotopic (exact) mass is 242 g/mol. The van der Waals surface area contributed by atoms with Gasteiger partial charge in [0.2, 0.25) is 0 Å². The van der Waals surface area contributed by atoms with Gasteiger partial charge in [-0.15, -0.1) is 6.58 Å². The predicted octanol–water partition coefficient (Wildman–Crippen LogP) is 2.37. The molecular weight excluding hydrogens is 216 g/mol. The Morgan fingerprint density at radius 2 is 2.19 bits per heavy atom. The summed E-state index contributed by atoms with van der Waals surface area (Å²) in [4.78, 5) is 2.60. The molecule has 1 N–H and O–H groups in total. The number of rotatable bonds is 8. The first-order valence-corrected chi connectivity index (χ1v) is 7.66. The zero-order valence-electron chi connectivity index (χ0n) is 10.6. The second-order valence-corrected chi connectivity index (χ2v) is 5.58. The lowest BCUT2D eigenvalue weighted by Crippen LogP contribution is -2.43. The van der Waals surface area contributed by atoms with Gasteiger partial charge in [-0.2, -0.15) is 11.8 Å². The number of thioether (sulfide) groups is 1. The molecule has 1 rings (SSSR count). The molecule has 1 aliphatic heterocycles. The molecule has 0 amide bonds. The fourth-order valence-electron chi connectivity index (χ4n) is 2.07. The fourth-order valence-corrected chi connectivity index (χ4v) is 2.79. The molecular formula is C13H26N2S. The van der Waals surface area contributed by atoms with Gasteiger partial charge in [-0.3, -0.25) is 0 Å². The van der Waals surface area contributed by atoms with Crippen LogP contribution in [0, 0.1) is 0 Å². The molecule has 1 aliphatic rings. The minimum atomic E-state index is 0.775. The molecule has 0 aliphatic carbocycles. The maximum atomic E-state index is 3.74. The van der Waals surface area contributed by atoms with E-state index < -0.39 is 0 Å². The van der Waals surface area contributed by atoms with Crippen molar-refractivity contribution in [2.75, 3.05) is 37.7 Å². The second-order valence-electron chi connectivity index (χ2n) is 4.43. The molecule has 1 saturated heterocycles. The molecule has 3 heteroatoms. The minimum Gasteiger partial charge on any atom is -0.314 e. The fraction of sp³-hybridized carbons (Fsp3) is 0.846. The molecule has 0 bridgehead atoms. The average molecular weight is 242 g/mol. The SMILES string of the molecule is C=CCSCCN1CCC(NCCC)CC1. The van der Waals surface area contributed by atoms with Crippen LogP contribution in [0.3, 0.4) is 0 Å². The average Bonchev–Trinajstić information content (AvgIpc) is 2.33. The van der Waals surface area contributed by atoms with Crippen molar-refractivity contribution in [3.63, 3.8) is 0 Å². The predicted molar refractivity (Wildman–Crippen MR) is 75.3 cm³/mol. The lowest BCUT2D eigenvalue weighted by atomic mass is 10.1. The molecule has 1 heterocycles. The van der Waals surface area contributed by atoms with E-state index in [2.05, 4.69) is 23.7 Å². The number of piperidine rings is 1. The Balaban J connectivity index is 2.00. The van der Waals surface area contributed by atoms with Crippen molar-refractivity contribution in [3.8, 4) is 0 Å². The number of likely N-dealkylation sites (tertiary alicyclic amines) is 1. The Morgan fingerprint density at radius 1 is 1.44 bits per heavy atom. The van der Waals surface area contributed by atoms with Crippen LogP contribution in [0.4, 0.5) is 0 Å². The maximum Gasteiger partial charge on any atom is 0.0111 e. The molecule has 16 heavy (non-hydrogen) atoms. The standard InChI is InChI=1S/C13H26N2S/c1-3-7-14-13-5-8-15(9-6-13)10-12-16-11-4-2/h4,13-14H,2-3,5-12H2,1H3. The van der Waals surface area contributed by atoms with Crippen molar-refractivity contribution in [3.05, 3.63) is 12.7 Å².